The van der Waals surface area contributed by atoms with E-state index in [0.717, 1.165) is 18.7 Å². The molecule has 0 aromatic carbocycles. The van der Waals surface area contributed by atoms with Crippen molar-refractivity contribution in [2.24, 2.45) is 0 Å². The fourth-order valence-corrected chi connectivity index (χ4v) is 4.32. The Balaban J connectivity index is 0.000000382. The molecule has 0 bridgehead atoms. The van der Waals surface area contributed by atoms with Gasteiger partial charge in [-0.15, -0.1) is 0 Å². The Kier molecular flexibility index (Phi) is 14.4. The summed E-state index contributed by atoms with van der Waals surface area (Å²) in [6.07, 6.45) is 5.08. The molecule has 11 nitrogen and oxygen atoms in total. The van der Waals surface area contributed by atoms with Crippen LogP contribution >= 0.6 is 0 Å². The van der Waals surface area contributed by atoms with E-state index in [1.165, 1.54) is 17.1 Å². The molecule has 2 rings (SSSR count). The Labute approximate surface area is 227 Å². The maximum Gasteiger partial charge on any atom is 0.342 e. The minimum absolute atomic E-state index is 0.165. The second kappa shape index (κ2) is 16.4. The Bertz CT molecular complexity index is 1010. The van der Waals surface area contributed by atoms with Crippen LogP contribution in [0.3, 0.4) is 0 Å². The molecule has 2 heterocycles. The Morgan fingerprint density at radius 3 is 1.92 bits per heavy atom. The van der Waals surface area contributed by atoms with Crippen LogP contribution in [0.2, 0.25) is 51.4 Å². The van der Waals surface area contributed by atoms with E-state index < -0.39 is 22.1 Å². The van der Waals surface area contributed by atoms with Crippen LogP contribution in [0.1, 0.15) is 45.1 Å². The highest BCUT2D eigenvalue weighted by Gasteiger charge is 2.18. The lowest BCUT2D eigenvalue weighted by Gasteiger charge is -2.15. The first kappa shape index (κ1) is 33.4. The number of aldehydes is 1. The molecule has 0 aliphatic heterocycles. The van der Waals surface area contributed by atoms with Crippen molar-refractivity contribution in [1.82, 2.24) is 19.6 Å². The Morgan fingerprint density at radius 2 is 1.39 bits per heavy atom. The molecule has 0 unspecified atom stereocenters. The number of esters is 2. The smallest absolute Gasteiger partial charge is 0.342 e. The van der Waals surface area contributed by atoms with Crippen molar-refractivity contribution in [1.29, 1.82) is 0 Å². The van der Waals surface area contributed by atoms with Crippen molar-refractivity contribution in [3.05, 3.63) is 35.4 Å². The van der Waals surface area contributed by atoms with Crippen molar-refractivity contribution in [2.45, 2.75) is 78.7 Å². The van der Waals surface area contributed by atoms with E-state index >= 15 is 0 Å². The summed E-state index contributed by atoms with van der Waals surface area (Å²) in [5.74, 6) is -0.881. The Hall–Kier alpha value is -2.62. The summed E-state index contributed by atoms with van der Waals surface area (Å²) in [6.45, 7) is 19.8. The fraction of sp³-hybridized carbons (Fsp3) is 0.640. The van der Waals surface area contributed by atoms with Crippen molar-refractivity contribution in [3.63, 3.8) is 0 Å². The van der Waals surface area contributed by atoms with Gasteiger partial charge in [-0.3, -0.25) is 4.79 Å². The van der Waals surface area contributed by atoms with Crippen LogP contribution in [-0.4, -0.2) is 80.4 Å². The first-order valence-electron chi connectivity index (χ1n) is 12.8. The topological polar surface area (TPSA) is 124 Å². The number of rotatable bonds is 15. The van der Waals surface area contributed by atoms with Gasteiger partial charge in [0.25, 0.3) is 0 Å². The van der Waals surface area contributed by atoms with Gasteiger partial charge in [0.05, 0.1) is 31.2 Å². The van der Waals surface area contributed by atoms with E-state index in [9.17, 15) is 14.4 Å². The van der Waals surface area contributed by atoms with Crippen LogP contribution in [0.25, 0.3) is 0 Å². The molecule has 0 saturated heterocycles. The number of carbonyl (C=O) groups is 3. The zero-order chi connectivity index (χ0) is 28.8. The summed E-state index contributed by atoms with van der Waals surface area (Å²) in [4.78, 5) is 34.1. The second-order valence-corrected chi connectivity index (χ2v) is 22.2. The van der Waals surface area contributed by atoms with Gasteiger partial charge in [-0.2, -0.15) is 10.2 Å². The van der Waals surface area contributed by atoms with Crippen molar-refractivity contribution < 1.29 is 33.3 Å². The van der Waals surface area contributed by atoms with Crippen LogP contribution in [-0.2, 0) is 32.4 Å². The summed E-state index contributed by atoms with van der Waals surface area (Å²) >= 11 is 0. The summed E-state index contributed by atoms with van der Waals surface area (Å²) in [6, 6.07) is 2.16. The van der Waals surface area contributed by atoms with E-state index in [2.05, 4.69) is 49.5 Å². The highest BCUT2D eigenvalue weighted by atomic mass is 28.3. The van der Waals surface area contributed by atoms with Crippen LogP contribution in [0.15, 0.2) is 18.6 Å². The highest BCUT2D eigenvalue weighted by molar-refractivity contribution is 6.76. The quantitative estimate of drug-likeness (QED) is 0.132. The fourth-order valence-electron chi connectivity index (χ4n) is 2.81. The van der Waals surface area contributed by atoms with E-state index in [4.69, 9.17) is 18.9 Å². The number of hydrogen-bond donors (Lipinski definition) is 0. The normalized spacial score (nSPS) is 11.5. The van der Waals surface area contributed by atoms with Crippen molar-refractivity contribution in [2.75, 3.05) is 26.4 Å². The molecule has 0 amide bonds. The second-order valence-electron chi connectivity index (χ2n) is 11.0. The summed E-state index contributed by atoms with van der Waals surface area (Å²) in [5.41, 5.74) is 0.831. The number of nitrogens with zero attached hydrogens (tertiary/aromatic N) is 4. The lowest BCUT2D eigenvalue weighted by atomic mass is 10.2. The van der Waals surface area contributed by atoms with Crippen molar-refractivity contribution in [3.8, 4) is 0 Å². The standard InChI is InChI=1S/C13H22N2O4Si.C12H22N2O3Si/c1-5-19-13(17)11-8-14-15(12(11)9-16)10-18-6-7-20(2,3)4;1-5-17-12(15)11-8-13-14(9-11)10-16-6-7-18(2,3)4/h8-9H,5-7,10H2,1-4H3;8-9H,5-7,10H2,1-4H3. The van der Waals surface area contributed by atoms with Gasteiger partial charge in [-0.25, -0.2) is 19.0 Å². The van der Waals surface area contributed by atoms with E-state index in [1.54, 1.807) is 24.7 Å². The van der Waals surface area contributed by atoms with Gasteiger partial charge >= 0.3 is 11.9 Å². The molecule has 38 heavy (non-hydrogen) atoms. The zero-order valence-corrected chi connectivity index (χ0v) is 26.1. The number of aromatic nitrogens is 4. The molecule has 0 N–H and O–H groups in total. The zero-order valence-electron chi connectivity index (χ0n) is 24.1. The SMILES string of the molecule is CCOC(=O)c1cnn(COCC[Si](C)(C)C)c1.CCOC(=O)c1cnn(COCC[Si](C)(C)C)c1C=O. The predicted molar refractivity (Wildman–Crippen MR) is 150 cm³/mol. The summed E-state index contributed by atoms with van der Waals surface area (Å²) in [7, 11) is -2.19. The average molecular weight is 569 g/mol. The third-order valence-electron chi connectivity index (χ3n) is 5.06. The third-order valence-corrected chi connectivity index (χ3v) is 8.47. The first-order valence-corrected chi connectivity index (χ1v) is 20.3. The van der Waals surface area contributed by atoms with Gasteiger partial charge in [0.2, 0.25) is 0 Å². The summed E-state index contributed by atoms with van der Waals surface area (Å²) in [5, 5.41) is 8.05. The third kappa shape index (κ3) is 13.3. The van der Waals surface area contributed by atoms with E-state index in [0.29, 0.717) is 31.8 Å². The summed E-state index contributed by atoms with van der Waals surface area (Å²) < 4.78 is 23.8. The van der Waals surface area contributed by atoms with Crippen LogP contribution in [0, 0.1) is 0 Å². The molecule has 214 valence electrons. The molecule has 0 spiro atoms. The lowest BCUT2D eigenvalue weighted by Crippen LogP contribution is -2.22. The molecule has 0 aliphatic rings. The average Bonchev–Trinajstić information content (AvgIpc) is 3.46. The molecule has 13 heteroatoms. The first-order chi connectivity index (χ1) is 17.8. The van der Waals surface area contributed by atoms with E-state index in [1.807, 2.05) is 0 Å². The molecule has 2 aromatic rings. The van der Waals surface area contributed by atoms with Gasteiger partial charge in [-0.05, 0) is 25.9 Å². The van der Waals surface area contributed by atoms with Gasteiger partial charge in [0.1, 0.15) is 24.7 Å². The van der Waals surface area contributed by atoms with Crippen LogP contribution < -0.4 is 0 Å². The van der Waals surface area contributed by atoms with Gasteiger partial charge in [-0.1, -0.05) is 39.3 Å². The maximum atomic E-state index is 11.6. The number of hydrogen-bond acceptors (Lipinski definition) is 9. The van der Waals surface area contributed by atoms with Crippen LogP contribution in [0.5, 0.6) is 0 Å². The Morgan fingerprint density at radius 1 is 0.842 bits per heavy atom. The highest BCUT2D eigenvalue weighted by Crippen LogP contribution is 2.11. The molecule has 0 aliphatic carbocycles. The molecule has 0 atom stereocenters. The number of ether oxygens (including phenoxy) is 4. The van der Waals surface area contributed by atoms with Crippen molar-refractivity contribution >= 4 is 34.4 Å². The van der Waals surface area contributed by atoms with Gasteiger partial charge in [0.15, 0.2) is 6.29 Å². The molecule has 0 radical (unpaired) electrons. The van der Waals surface area contributed by atoms with Gasteiger partial charge < -0.3 is 18.9 Å². The van der Waals surface area contributed by atoms with Gasteiger partial charge in [0, 0.05) is 35.6 Å². The van der Waals surface area contributed by atoms with Crippen LogP contribution in [0.4, 0.5) is 0 Å². The monoisotopic (exact) mass is 568 g/mol. The maximum absolute atomic E-state index is 11.6. The van der Waals surface area contributed by atoms with E-state index in [-0.39, 0.29) is 30.6 Å². The predicted octanol–water partition coefficient (Wildman–Crippen LogP) is 4.56. The number of carbonyl (C=O) groups excluding carboxylic acids is 3. The largest absolute Gasteiger partial charge is 0.462 e. The lowest BCUT2D eigenvalue weighted by molar-refractivity contribution is 0.0513. The molecule has 0 saturated carbocycles. The minimum atomic E-state index is -1.14. The molecular weight excluding hydrogens is 524 g/mol. The molecule has 2 aromatic heterocycles. The minimum Gasteiger partial charge on any atom is -0.462 e. The molecular formula is C25H44N4O7Si2. The molecule has 0 fully saturated rings.